The number of aromatic hydroxyl groups is 1. The van der Waals surface area contributed by atoms with E-state index >= 15 is 0 Å². The van der Waals surface area contributed by atoms with E-state index in [1.165, 1.54) is 0 Å². The molecule has 1 atom stereocenters. The van der Waals surface area contributed by atoms with E-state index in [0.717, 1.165) is 0 Å². The average molecular weight is 352 g/mol. The quantitative estimate of drug-likeness (QED) is 0.446. The largest absolute Gasteiger partial charge is 0.505 e. The molecule has 0 radical (unpaired) electrons. The summed E-state index contributed by atoms with van der Waals surface area (Å²) in [5.41, 5.74) is 5.08. The van der Waals surface area contributed by atoms with E-state index in [2.05, 4.69) is 10.3 Å². The average Bonchev–Trinajstić information content (AvgIpc) is 2.57. The number of halogens is 1. The van der Waals surface area contributed by atoms with Crippen LogP contribution in [-0.2, 0) is 4.79 Å². The molecule has 2 rings (SSSR count). The molecule has 0 aliphatic rings. The zero-order chi connectivity index (χ0) is 17.7. The SMILES string of the molecule is NCCCC[C@@H](NC(=O)c1nc(Cl)c2ccccc2c1O)C(=O)O. The first-order valence-corrected chi connectivity index (χ1v) is 7.84. The van der Waals surface area contributed by atoms with Gasteiger partial charge in [0.05, 0.1) is 0 Å². The smallest absolute Gasteiger partial charge is 0.326 e. The fraction of sp³-hybridized carbons (Fsp3) is 0.312. The fourth-order valence-electron chi connectivity index (χ4n) is 2.34. The molecule has 8 heteroatoms. The molecule has 0 spiro atoms. The lowest BCUT2D eigenvalue weighted by molar-refractivity contribution is -0.139. The third-order valence-corrected chi connectivity index (χ3v) is 3.89. The second-order valence-electron chi connectivity index (χ2n) is 5.29. The number of nitrogens with two attached hydrogens (primary N) is 1. The molecule has 1 heterocycles. The number of rotatable bonds is 7. The van der Waals surface area contributed by atoms with Gasteiger partial charge in [-0.2, -0.15) is 0 Å². The Morgan fingerprint density at radius 1 is 1.25 bits per heavy atom. The standard InChI is InChI=1S/C16H18ClN3O4/c17-14-10-6-2-1-5-9(10)13(21)12(20-14)15(22)19-11(16(23)24)7-3-4-8-18/h1-2,5-6,11,21H,3-4,7-8,18H2,(H,19,22)(H,23,24)/t11-/m1/s1. The van der Waals surface area contributed by atoms with E-state index in [-0.39, 0.29) is 23.0 Å². The molecule has 0 bridgehead atoms. The van der Waals surface area contributed by atoms with Crippen molar-refractivity contribution in [3.8, 4) is 5.75 Å². The number of aliphatic carboxylic acids is 1. The van der Waals surface area contributed by atoms with Gasteiger partial charge in [-0.15, -0.1) is 0 Å². The van der Waals surface area contributed by atoms with Crippen molar-refractivity contribution >= 4 is 34.2 Å². The lowest BCUT2D eigenvalue weighted by Crippen LogP contribution is -2.41. The Labute approximate surface area is 143 Å². The first-order chi connectivity index (χ1) is 11.5. The van der Waals surface area contributed by atoms with Crippen LogP contribution in [0.15, 0.2) is 24.3 Å². The predicted octanol–water partition coefficient (Wildman–Crippen LogP) is 1.91. The number of nitrogens with zero attached hydrogens (tertiary/aromatic N) is 1. The van der Waals surface area contributed by atoms with Gasteiger partial charge in [-0.3, -0.25) is 4.79 Å². The van der Waals surface area contributed by atoms with Crippen molar-refractivity contribution in [1.82, 2.24) is 10.3 Å². The summed E-state index contributed by atoms with van der Waals surface area (Å²) in [5, 5.41) is 22.8. The summed E-state index contributed by atoms with van der Waals surface area (Å²) < 4.78 is 0. The van der Waals surface area contributed by atoms with Crippen molar-refractivity contribution in [3.05, 3.63) is 35.1 Å². The summed E-state index contributed by atoms with van der Waals surface area (Å²) in [6.07, 6.45) is 1.46. The first-order valence-electron chi connectivity index (χ1n) is 7.46. The Hall–Kier alpha value is -2.38. The molecule has 0 aliphatic carbocycles. The molecule has 1 amide bonds. The molecule has 0 saturated heterocycles. The number of nitrogens with one attached hydrogen (secondary N) is 1. The van der Waals surface area contributed by atoms with Crippen LogP contribution >= 0.6 is 11.6 Å². The number of carbonyl (C=O) groups is 2. The van der Waals surface area contributed by atoms with E-state index in [1.807, 2.05) is 0 Å². The van der Waals surface area contributed by atoms with Gasteiger partial charge in [-0.05, 0) is 25.8 Å². The van der Waals surface area contributed by atoms with Gasteiger partial charge in [0, 0.05) is 10.8 Å². The molecular formula is C16H18ClN3O4. The lowest BCUT2D eigenvalue weighted by atomic mass is 10.1. The van der Waals surface area contributed by atoms with E-state index in [0.29, 0.717) is 30.2 Å². The van der Waals surface area contributed by atoms with Crippen LogP contribution in [0.3, 0.4) is 0 Å². The molecule has 24 heavy (non-hydrogen) atoms. The van der Waals surface area contributed by atoms with Crippen molar-refractivity contribution in [2.24, 2.45) is 5.73 Å². The summed E-state index contributed by atoms with van der Waals surface area (Å²) in [6, 6.07) is 5.60. The number of carboxylic acids is 1. The Morgan fingerprint density at radius 3 is 2.54 bits per heavy atom. The van der Waals surface area contributed by atoms with E-state index in [9.17, 15) is 19.8 Å². The Morgan fingerprint density at radius 2 is 1.92 bits per heavy atom. The minimum atomic E-state index is -1.16. The minimum absolute atomic E-state index is 0.0588. The molecule has 0 unspecified atom stereocenters. The van der Waals surface area contributed by atoms with Gasteiger partial charge in [0.1, 0.15) is 11.2 Å². The normalized spacial score (nSPS) is 12.1. The van der Waals surface area contributed by atoms with Crippen molar-refractivity contribution in [3.63, 3.8) is 0 Å². The molecular weight excluding hydrogens is 334 g/mol. The maximum Gasteiger partial charge on any atom is 0.326 e. The van der Waals surface area contributed by atoms with Crippen LogP contribution in [0.4, 0.5) is 0 Å². The summed E-state index contributed by atoms with van der Waals surface area (Å²) in [4.78, 5) is 27.5. The Kier molecular flexibility index (Phi) is 5.94. The van der Waals surface area contributed by atoms with Gasteiger partial charge in [-0.1, -0.05) is 35.9 Å². The third-order valence-electron chi connectivity index (χ3n) is 3.60. The van der Waals surface area contributed by atoms with E-state index in [4.69, 9.17) is 17.3 Å². The number of hydrogen-bond acceptors (Lipinski definition) is 5. The molecule has 2 aromatic rings. The number of hydrogen-bond donors (Lipinski definition) is 4. The molecule has 7 nitrogen and oxygen atoms in total. The van der Waals surface area contributed by atoms with Crippen molar-refractivity contribution < 1.29 is 19.8 Å². The molecule has 1 aromatic carbocycles. The van der Waals surface area contributed by atoms with Gasteiger partial charge >= 0.3 is 5.97 Å². The summed E-state index contributed by atoms with van der Waals surface area (Å²) in [7, 11) is 0. The summed E-state index contributed by atoms with van der Waals surface area (Å²) in [5.74, 6) is -2.29. The van der Waals surface area contributed by atoms with Gasteiger partial charge < -0.3 is 21.3 Å². The monoisotopic (exact) mass is 351 g/mol. The number of fused-ring (bicyclic) bond motifs is 1. The van der Waals surface area contributed by atoms with Crippen LogP contribution in [0.2, 0.25) is 5.15 Å². The first kappa shape index (κ1) is 18.0. The van der Waals surface area contributed by atoms with Gasteiger partial charge in [0.2, 0.25) is 0 Å². The number of unbranched alkanes of at least 4 members (excludes halogenated alkanes) is 1. The van der Waals surface area contributed by atoms with Crippen LogP contribution in [0.25, 0.3) is 10.8 Å². The van der Waals surface area contributed by atoms with Gasteiger partial charge in [-0.25, -0.2) is 9.78 Å². The van der Waals surface area contributed by atoms with Crippen molar-refractivity contribution in [1.29, 1.82) is 0 Å². The van der Waals surface area contributed by atoms with Crippen molar-refractivity contribution in [2.45, 2.75) is 25.3 Å². The number of carboxylic acid groups (broad SMARTS) is 1. The number of pyridine rings is 1. The zero-order valence-corrected chi connectivity index (χ0v) is 13.6. The summed E-state index contributed by atoms with van der Waals surface area (Å²) in [6.45, 7) is 0.447. The van der Waals surface area contributed by atoms with E-state index < -0.39 is 17.9 Å². The lowest BCUT2D eigenvalue weighted by Gasteiger charge is -2.15. The highest BCUT2D eigenvalue weighted by Gasteiger charge is 2.24. The van der Waals surface area contributed by atoms with Crippen LogP contribution in [-0.4, -0.2) is 39.7 Å². The van der Waals surface area contributed by atoms with Crippen LogP contribution < -0.4 is 11.1 Å². The minimum Gasteiger partial charge on any atom is -0.505 e. The highest BCUT2D eigenvalue weighted by atomic mass is 35.5. The third kappa shape index (κ3) is 3.93. The fourth-order valence-corrected chi connectivity index (χ4v) is 2.59. The number of aromatic nitrogens is 1. The molecule has 1 aromatic heterocycles. The van der Waals surface area contributed by atoms with Crippen molar-refractivity contribution in [2.75, 3.05) is 6.54 Å². The Balaban J connectivity index is 2.27. The second-order valence-corrected chi connectivity index (χ2v) is 5.65. The molecule has 0 aliphatic heterocycles. The number of amides is 1. The second kappa shape index (κ2) is 7.94. The topological polar surface area (TPSA) is 126 Å². The van der Waals surface area contributed by atoms with Crippen LogP contribution in [0.5, 0.6) is 5.75 Å². The highest BCUT2D eigenvalue weighted by molar-refractivity contribution is 6.34. The molecule has 5 N–H and O–H groups in total. The Bertz CT molecular complexity index is 766. The van der Waals surface area contributed by atoms with Crippen LogP contribution in [0, 0.1) is 0 Å². The van der Waals surface area contributed by atoms with Gasteiger partial charge in [0.15, 0.2) is 11.4 Å². The number of carbonyl (C=O) groups excluding carboxylic acids is 1. The number of benzene rings is 1. The maximum atomic E-state index is 12.3. The highest BCUT2D eigenvalue weighted by Crippen LogP contribution is 2.31. The maximum absolute atomic E-state index is 12.3. The molecule has 0 fully saturated rings. The molecule has 0 saturated carbocycles. The van der Waals surface area contributed by atoms with Gasteiger partial charge in [0.25, 0.3) is 5.91 Å². The van der Waals surface area contributed by atoms with E-state index in [1.54, 1.807) is 24.3 Å². The van der Waals surface area contributed by atoms with Crippen LogP contribution in [0.1, 0.15) is 29.8 Å². The zero-order valence-electron chi connectivity index (χ0n) is 12.8. The molecule has 128 valence electrons. The predicted molar refractivity (Wildman–Crippen MR) is 90.2 cm³/mol. The summed E-state index contributed by atoms with van der Waals surface area (Å²) >= 11 is 6.05.